The maximum absolute atomic E-state index is 2.43. The van der Waals surface area contributed by atoms with E-state index in [1.807, 2.05) is 0 Å². The monoisotopic (exact) mass is 1600 g/mol. The van der Waals surface area contributed by atoms with Gasteiger partial charge < -0.3 is 27.4 Å². The minimum atomic E-state index is 1.15. The van der Waals surface area contributed by atoms with Gasteiger partial charge in [-0.25, -0.2) is 0 Å². The van der Waals surface area contributed by atoms with E-state index in [0.717, 1.165) is 5.69 Å². The Morgan fingerprint density at radius 3 is 0.532 bits per heavy atom. The highest BCUT2D eigenvalue weighted by Gasteiger charge is 2.23. The summed E-state index contributed by atoms with van der Waals surface area (Å²) in [5, 5.41) is 15.2. The van der Waals surface area contributed by atoms with Gasteiger partial charge in [-0.05, 0) is 225 Å². The fourth-order valence-electron chi connectivity index (χ4n) is 19.8. The van der Waals surface area contributed by atoms with E-state index >= 15 is 0 Å². The molecule has 0 saturated heterocycles. The zero-order chi connectivity index (χ0) is 83.1. The Kier molecular flexibility index (Phi) is 17.8. The fourth-order valence-corrected chi connectivity index (χ4v) is 19.8. The van der Waals surface area contributed by atoms with Crippen molar-refractivity contribution in [3.63, 3.8) is 0 Å². The van der Waals surface area contributed by atoms with E-state index in [1.54, 1.807) is 0 Å². The first-order valence-electron chi connectivity index (χ1n) is 43.3. The largest absolute Gasteiger partial charge is 0.309 e. The molecule has 126 heavy (non-hydrogen) atoms. The SMILES string of the molecule is c1ccc(-c2cc(-c3ccccc3)cc(-n3c4ccccc4c4cc(-c5ccc6c(c5)c5ccccc5n6-c5ccccc5)ccc43)c2)cc1.c1ccc(-n2c3ccccc3c3cc(-c4ccc5c6ccccc6n(-c6ccccc6)c5c4)ccc32)cc1.c1ccc(-n2c3ccccc3c3ccc(-c4ccc5c6ccccc6n(-c6ccccc6)c5c4)cc32)cc1. The molecule has 0 radical (unpaired) electrons. The number of rotatable bonds is 11. The van der Waals surface area contributed by atoms with Crippen LogP contribution < -0.4 is 0 Å². The van der Waals surface area contributed by atoms with E-state index in [-0.39, 0.29) is 0 Å². The topological polar surface area (TPSA) is 29.6 Å². The Labute approximate surface area is 728 Å². The second-order valence-corrected chi connectivity index (χ2v) is 32.7. The van der Waals surface area contributed by atoms with Crippen molar-refractivity contribution in [3.05, 3.63) is 485 Å². The summed E-state index contributed by atoms with van der Waals surface area (Å²) in [5.41, 5.74) is 33.8. The van der Waals surface area contributed by atoms with Crippen LogP contribution in [0.1, 0.15) is 0 Å². The lowest BCUT2D eigenvalue weighted by Crippen LogP contribution is -1.96. The molecular formula is C120H80N6. The molecule has 20 aromatic carbocycles. The van der Waals surface area contributed by atoms with Crippen molar-refractivity contribution in [1.29, 1.82) is 0 Å². The number of aromatic nitrogens is 6. The van der Waals surface area contributed by atoms with Crippen LogP contribution in [0.2, 0.25) is 0 Å². The first-order chi connectivity index (χ1) is 62.5. The van der Waals surface area contributed by atoms with E-state index in [2.05, 4.69) is 513 Å². The molecule has 0 aliphatic carbocycles. The zero-order valence-corrected chi connectivity index (χ0v) is 68.9. The highest BCUT2D eigenvalue weighted by molar-refractivity contribution is 6.17. The second kappa shape index (κ2) is 30.7. The molecule has 590 valence electrons. The van der Waals surface area contributed by atoms with Crippen LogP contribution in [0.3, 0.4) is 0 Å². The maximum atomic E-state index is 2.43. The quantitative estimate of drug-likeness (QED) is 0.124. The van der Waals surface area contributed by atoms with Gasteiger partial charge in [-0.2, -0.15) is 0 Å². The van der Waals surface area contributed by atoms with E-state index in [0.29, 0.717) is 0 Å². The molecule has 0 N–H and O–H groups in total. The number of fused-ring (bicyclic) bond motifs is 18. The van der Waals surface area contributed by atoms with Gasteiger partial charge in [0.1, 0.15) is 0 Å². The van der Waals surface area contributed by atoms with Gasteiger partial charge in [-0.15, -0.1) is 0 Å². The lowest BCUT2D eigenvalue weighted by atomic mass is 9.98. The Morgan fingerprint density at radius 1 is 0.0873 bits per heavy atom. The maximum Gasteiger partial charge on any atom is 0.0547 e. The third kappa shape index (κ3) is 12.5. The summed E-state index contributed by atoms with van der Waals surface area (Å²) >= 11 is 0. The van der Waals surface area contributed by atoms with Gasteiger partial charge in [0.2, 0.25) is 0 Å². The lowest BCUT2D eigenvalue weighted by Gasteiger charge is -2.14. The Morgan fingerprint density at radius 2 is 0.270 bits per heavy atom. The number of benzene rings is 20. The van der Waals surface area contributed by atoms with Gasteiger partial charge >= 0.3 is 0 Å². The van der Waals surface area contributed by atoms with Crippen molar-refractivity contribution in [2.24, 2.45) is 0 Å². The molecule has 0 spiro atoms. The summed E-state index contributed by atoms with van der Waals surface area (Å²) in [6.07, 6.45) is 0. The molecule has 26 rings (SSSR count). The fraction of sp³-hybridized carbons (Fsp3) is 0. The van der Waals surface area contributed by atoms with Crippen molar-refractivity contribution in [2.75, 3.05) is 0 Å². The summed E-state index contributed by atoms with van der Waals surface area (Å²) in [4.78, 5) is 0. The van der Waals surface area contributed by atoms with Crippen molar-refractivity contribution >= 4 is 131 Å². The molecule has 26 aromatic rings. The van der Waals surface area contributed by atoms with Gasteiger partial charge in [-0.3, -0.25) is 0 Å². The van der Waals surface area contributed by atoms with Gasteiger partial charge in [0.25, 0.3) is 0 Å². The highest BCUT2D eigenvalue weighted by atomic mass is 15.0. The van der Waals surface area contributed by atoms with Crippen LogP contribution in [-0.4, -0.2) is 27.4 Å². The minimum absolute atomic E-state index is 1.15. The van der Waals surface area contributed by atoms with Crippen LogP contribution >= 0.6 is 0 Å². The Hall–Kier alpha value is -16.8. The van der Waals surface area contributed by atoms with E-state index in [4.69, 9.17) is 0 Å². The van der Waals surface area contributed by atoms with E-state index in [1.165, 1.54) is 215 Å². The molecule has 0 amide bonds. The highest BCUT2D eigenvalue weighted by Crippen LogP contribution is 2.45. The first-order valence-corrected chi connectivity index (χ1v) is 43.3. The molecular weight excluding hydrogens is 1530 g/mol. The Balaban J connectivity index is 0.000000107. The van der Waals surface area contributed by atoms with E-state index < -0.39 is 0 Å². The molecule has 0 aliphatic rings. The van der Waals surface area contributed by atoms with Gasteiger partial charge in [0.15, 0.2) is 0 Å². The van der Waals surface area contributed by atoms with Gasteiger partial charge in [-0.1, -0.05) is 315 Å². The van der Waals surface area contributed by atoms with Gasteiger partial charge in [0.05, 0.1) is 66.2 Å². The van der Waals surface area contributed by atoms with Crippen LogP contribution in [-0.2, 0) is 0 Å². The summed E-state index contributed by atoms with van der Waals surface area (Å²) < 4.78 is 14.3. The van der Waals surface area contributed by atoms with Crippen LogP contribution in [0.4, 0.5) is 0 Å². The number of para-hydroxylation sites is 11. The lowest BCUT2D eigenvalue weighted by molar-refractivity contribution is 1.18. The summed E-state index contributed by atoms with van der Waals surface area (Å²) in [7, 11) is 0. The molecule has 0 saturated carbocycles. The molecule has 0 atom stereocenters. The summed E-state index contributed by atoms with van der Waals surface area (Å²) in [6, 6.07) is 175. The normalized spacial score (nSPS) is 11.7. The average Bonchev–Trinajstić information content (AvgIpc) is 1.58. The predicted molar refractivity (Wildman–Crippen MR) is 533 cm³/mol. The third-order valence-electron chi connectivity index (χ3n) is 25.5. The third-order valence-corrected chi connectivity index (χ3v) is 25.5. The summed E-state index contributed by atoms with van der Waals surface area (Å²) in [5.74, 6) is 0. The predicted octanol–water partition coefficient (Wildman–Crippen LogP) is 32.0. The van der Waals surface area contributed by atoms with Crippen molar-refractivity contribution in [1.82, 2.24) is 27.4 Å². The second-order valence-electron chi connectivity index (χ2n) is 32.7. The first kappa shape index (κ1) is 73.1. The van der Waals surface area contributed by atoms with Crippen LogP contribution in [0.5, 0.6) is 0 Å². The van der Waals surface area contributed by atoms with Crippen molar-refractivity contribution in [2.45, 2.75) is 0 Å². The molecule has 6 nitrogen and oxygen atoms in total. The average molecular weight is 1610 g/mol. The standard InChI is InChI=1S/C48H32N2.2C36H24N2/c1-4-14-33(15-5-1)37-28-38(34-16-6-2-7-17-34)30-40(29-37)50-46-23-13-11-21-42(46)44-32-36(25-27-48(44)50)35-24-26-47-43(31-35)41-20-10-12-22-45(41)49(47)39-18-8-3-9-19-39;1-3-11-27(12-4-1)37-34-18-10-8-16-30(34)32-23-25(20-22-35(32)37)26-19-21-31-29-15-7-9-17-33(29)38(36(31)24-26)28-13-5-2-6-14-28;1-3-11-27(12-4-1)37-33-17-9-7-15-29(33)31-21-19-25(23-35(31)37)26-20-22-32-30-16-8-10-18-34(30)38(36(32)24-26)28-13-5-2-6-14-28/h1-32H;2*1-24H. The zero-order valence-electron chi connectivity index (χ0n) is 68.9. The molecule has 0 bridgehead atoms. The molecule has 6 heterocycles. The Bertz CT molecular complexity index is 8450. The smallest absolute Gasteiger partial charge is 0.0547 e. The van der Waals surface area contributed by atoms with E-state index in [9.17, 15) is 0 Å². The number of hydrogen-bond donors (Lipinski definition) is 0. The minimum Gasteiger partial charge on any atom is -0.309 e. The number of hydrogen-bond acceptors (Lipinski definition) is 0. The van der Waals surface area contributed by atoms with Crippen LogP contribution in [0, 0.1) is 0 Å². The molecule has 0 fully saturated rings. The van der Waals surface area contributed by atoms with Crippen molar-refractivity contribution in [3.8, 4) is 89.8 Å². The summed E-state index contributed by atoms with van der Waals surface area (Å²) in [6.45, 7) is 0. The van der Waals surface area contributed by atoms with Crippen molar-refractivity contribution < 1.29 is 0 Å². The molecule has 6 heteroatoms. The van der Waals surface area contributed by atoms with Crippen LogP contribution in [0.25, 0.3) is 221 Å². The molecule has 6 aromatic heterocycles. The molecule has 0 unspecified atom stereocenters. The van der Waals surface area contributed by atoms with Gasteiger partial charge in [0, 0.05) is 98.8 Å². The number of nitrogens with zero attached hydrogens (tertiary/aromatic N) is 6. The van der Waals surface area contributed by atoms with Crippen LogP contribution in [0.15, 0.2) is 485 Å². The molecule has 0 aliphatic heterocycles.